The number of aliphatic imine (C=N–C) groups is 1. The van der Waals surface area contributed by atoms with Crippen LogP contribution in [0.25, 0.3) is 11.4 Å². The summed E-state index contributed by atoms with van der Waals surface area (Å²) in [6.45, 7) is 1.07. The van der Waals surface area contributed by atoms with Crippen LogP contribution in [0.4, 0.5) is 4.39 Å². The number of rotatable bonds is 7. The quantitative estimate of drug-likeness (QED) is 0.413. The minimum Gasteiger partial charge on any atom is -0.497 e. The average Bonchev–Trinajstić information content (AvgIpc) is 3.42. The Morgan fingerprint density at radius 2 is 1.93 bits per heavy atom. The van der Waals surface area contributed by atoms with Gasteiger partial charge in [-0.2, -0.15) is 5.10 Å². The number of H-pyrrole nitrogens is 1. The maximum Gasteiger partial charge on any atom is 0.191 e. The minimum absolute atomic E-state index is 0.146. The molecule has 0 amide bonds. The van der Waals surface area contributed by atoms with Crippen molar-refractivity contribution in [1.29, 1.82) is 0 Å². The summed E-state index contributed by atoms with van der Waals surface area (Å²) < 4.78 is 19.4. The molecule has 1 heterocycles. The van der Waals surface area contributed by atoms with Crippen LogP contribution in [0, 0.1) is 5.82 Å². The Kier molecular flexibility index (Phi) is 5.65. The van der Waals surface area contributed by atoms with Crippen molar-refractivity contribution in [3.63, 3.8) is 0 Å². The third kappa shape index (κ3) is 4.27. The molecule has 156 valence electrons. The number of nitrogens with one attached hydrogen (secondary N) is 3. The molecule has 0 unspecified atom stereocenters. The zero-order chi connectivity index (χ0) is 21.0. The van der Waals surface area contributed by atoms with Crippen LogP contribution in [0.3, 0.4) is 0 Å². The van der Waals surface area contributed by atoms with Crippen molar-refractivity contribution < 1.29 is 9.13 Å². The van der Waals surface area contributed by atoms with Crippen molar-refractivity contribution in [3.05, 3.63) is 65.7 Å². The summed E-state index contributed by atoms with van der Waals surface area (Å²) in [4.78, 5) is 8.78. The van der Waals surface area contributed by atoms with E-state index < -0.39 is 0 Å². The Balaban J connectivity index is 1.33. The summed E-state index contributed by atoms with van der Waals surface area (Å²) in [6.07, 6.45) is 1.93. The second-order valence-corrected chi connectivity index (χ2v) is 7.37. The van der Waals surface area contributed by atoms with Crippen LogP contribution in [-0.2, 0) is 12.0 Å². The van der Waals surface area contributed by atoms with Gasteiger partial charge in [-0.25, -0.2) is 9.37 Å². The summed E-state index contributed by atoms with van der Waals surface area (Å²) in [7, 11) is 3.34. The number of aromatic nitrogens is 3. The molecule has 0 saturated heterocycles. The first-order valence-electron chi connectivity index (χ1n) is 9.89. The molecule has 1 fully saturated rings. The van der Waals surface area contributed by atoms with Crippen LogP contribution < -0.4 is 15.4 Å². The van der Waals surface area contributed by atoms with Crippen LogP contribution in [0.1, 0.15) is 24.2 Å². The van der Waals surface area contributed by atoms with Crippen LogP contribution in [0.2, 0.25) is 0 Å². The molecular weight excluding hydrogens is 383 g/mol. The molecule has 1 saturated carbocycles. The van der Waals surface area contributed by atoms with Gasteiger partial charge in [0.1, 0.15) is 17.4 Å². The SMILES string of the molecule is CN=C(NCc1nc(-c2ccc(OC)cc2)n[nH]1)NCC1(c2ccccc2F)CC1. The van der Waals surface area contributed by atoms with Crippen molar-refractivity contribution in [1.82, 2.24) is 25.8 Å². The normalized spacial score (nSPS) is 15.0. The van der Waals surface area contributed by atoms with Crippen LogP contribution >= 0.6 is 0 Å². The molecule has 30 heavy (non-hydrogen) atoms. The van der Waals surface area contributed by atoms with E-state index in [1.807, 2.05) is 36.4 Å². The standard InChI is InChI=1S/C22H25FN6O/c1-24-21(26-14-22(11-12-22)17-5-3-4-6-18(17)23)25-13-19-27-20(29-28-19)15-7-9-16(30-2)10-8-15/h3-10H,11-14H2,1-2H3,(H2,24,25,26)(H,27,28,29). The maximum absolute atomic E-state index is 14.2. The number of methoxy groups -OCH3 is 1. The topological polar surface area (TPSA) is 87.2 Å². The molecule has 0 atom stereocenters. The van der Waals surface area contributed by atoms with Gasteiger partial charge in [0.15, 0.2) is 11.8 Å². The third-order valence-corrected chi connectivity index (χ3v) is 5.42. The van der Waals surface area contributed by atoms with Gasteiger partial charge in [-0.15, -0.1) is 0 Å². The van der Waals surface area contributed by atoms with E-state index in [1.165, 1.54) is 6.07 Å². The van der Waals surface area contributed by atoms with E-state index in [4.69, 9.17) is 4.74 Å². The van der Waals surface area contributed by atoms with Gasteiger partial charge >= 0.3 is 0 Å². The number of hydrogen-bond acceptors (Lipinski definition) is 4. The smallest absolute Gasteiger partial charge is 0.191 e. The van der Waals surface area contributed by atoms with Crippen LogP contribution in [0.5, 0.6) is 5.75 Å². The molecule has 2 aromatic carbocycles. The maximum atomic E-state index is 14.2. The van der Waals surface area contributed by atoms with Gasteiger partial charge in [0, 0.05) is 24.6 Å². The van der Waals surface area contributed by atoms with Crippen molar-refractivity contribution >= 4 is 5.96 Å². The van der Waals surface area contributed by atoms with Gasteiger partial charge in [-0.05, 0) is 48.7 Å². The molecule has 0 aliphatic heterocycles. The molecule has 0 spiro atoms. The highest BCUT2D eigenvalue weighted by Crippen LogP contribution is 2.48. The largest absolute Gasteiger partial charge is 0.497 e. The van der Waals surface area contributed by atoms with E-state index in [9.17, 15) is 4.39 Å². The van der Waals surface area contributed by atoms with E-state index in [0.717, 1.165) is 29.7 Å². The highest BCUT2D eigenvalue weighted by molar-refractivity contribution is 5.79. The van der Waals surface area contributed by atoms with Crippen molar-refractivity contribution in [2.24, 2.45) is 4.99 Å². The van der Waals surface area contributed by atoms with Gasteiger partial charge in [-0.1, -0.05) is 18.2 Å². The Morgan fingerprint density at radius 1 is 1.17 bits per heavy atom. The lowest BCUT2D eigenvalue weighted by molar-refractivity contribution is 0.415. The first kappa shape index (κ1) is 19.9. The summed E-state index contributed by atoms with van der Waals surface area (Å²) in [5.74, 6) is 2.59. The lowest BCUT2D eigenvalue weighted by Gasteiger charge is -2.19. The van der Waals surface area contributed by atoms with E-state index in [2.05, 4.69) is 30.8 Å². The average molecular weight is 408 g/mol. The Bertz CT molecular complexity index is 1030. The lowest BCUT2D eigenvalue weighted by atomic mass is 9.95. The molecule has 8 heteroatoms. The first-order chi connectivity index (χ1) is 14.6. The molecule has 1 aliphatic rings. The highest BCUT2D eigenvalue weighted by atomic mass is 19.1. The van der Waals surface area contributed by atoms with Gasteiger partial charge in [0.2, 0.25) is 0 Å². The summed E-state index contributed by atoms with van der Waals surface area (Å²) in [5.41, 5.74) is 1.52. The zero-order valence-electron chi connectivity index (χ0n) is 17.1. The minimum atomic E-state index is -0.156. The summed E-state index contributed by atoms with van der Waals surface area (Å²) >= 11 is 0. The van der Waals surface area contributed by atoms with E-state index >= 15 is 0 Å². The first-order valence-corrected chi connectivity index (χ1v) is 9.89. The van der Waals surface area contributed by atoms with Crippen molar-refractivity contribution in [3.8, 4) is 17.1 Å². The second-order valence-electron chi connectivity index (χ2n) is 7.37. The van der Waals surface area contributed by atoms with Gasteiger partial charge < -0.3 is 15.4 Å². The monoisotopic (exact) mass is 408 g/mol. The zero-order valence-corrected chi connectivity index (χ0v) is 17.1. The van der Waals surface area contributed by atoms with Crippen LogP contribution in [-0.4, -0.2) is 41.8 Å². The van der Waals surface area contributed by atoms with E-state index in [-0.39, 0.29) is 11.2 Å². The fourth-order valence-corrected chi connectivity index (χ4v) is 3.47. The Hall–Kier alpha value is -3.42. The van der Waals surface area contributed by atoms with Crippen molar-refractivity contribution in [2.75, 3.05) is 20.7 Å². The molecular formula is C22H25FN6O. The number of halogens is 1. The van der Waals surface area contributed by atoms with E-state index in [1.54, 1.807) is 20.2 Å². The molecule has 0 bridgehead atoms. The van der Waals surface area contributed by atoms with Gasteiger partial charge in [-0.3, -0.25) is 10.1 Å². The molecule has 7 nitrogen and oxygen atoms in total. The molecule has 1 aromatic heterocycles. The molecule has 1 aliphatic carbocycles. The van der Waals surface area contributed by atoms with Crippen molar-refractivity contribution in [2.45, 2.75) is 24.8 Å². The molecule has 3 aromatic rings. The van der Waals surface area contributed by atoms with E-state index in [0.29, 0.717) is 30.7 Å². The number of hydrogen-bond donors (Lipinski definition) is 3. The van der Waals surface area contributed by atoms with Gasteiger partial charge in [0.05, 0.1) is 13.7 Å². The summed E-state index contributed by atoms with van der Waals surface area (Å²) in [6, 6.07) is 14.6. The number of nitrogens with zero attached hydrogens (tertiary/aromatic N) is 3. The second kappa shape index (κ2) is 8.52. The number of benzene rings is 2. The van der Waals surface area contributed by atoms with Gasteiger partial charge in [0.25, 0.3) is 0 Å². The molecule has 3 N–H and O–H groups in total. The molecule has 0 radical (unpaired) electrons. The number of guanidine groups is 1. The Labute approximate surface area is 174 Å². The highest BCUT2D eigenvalue weighted by Gasteiger charge is 2.45. The molecule has 4 rings (SSSR count). The predicted molar refractivity (Wildman–Crippen MR) is 114 cm³/mol. The fraction of sp³-hybridized carbons (Fsp3) is 0.318. The van der Waals surface area contributed by atoms with Crippen LogP contribution in [0.15, 0.2) is 53.5 Å². The Morgan fingerprint density at radius 3 is 2.60 bits per heavy atom. The number of ether oxygens (including phenoxy) is 1. The fourth-order valence-electron chi connectivity index (χ4n) is 3.47. The number of aromatic amines is 1. The predicted octanol–water partition coefficient (Wildman–Crippen LogP) is 3.02. The summed E-state index contributed by atoms with van der Waals surface area (Å²) in [5, 5.41) is 13.8. The third-order valence-electron chi connectivity index (χ3n) is 5.42. The lowest BCUT2D eigenvalue weighted by Crippen LogP contribution is -2.41.